The van der Waals surface area contributed by atoms with Gasteiger partial charge in [-0.15, -0.1) is 0 Å². The predicted molar refractivity (Wildman–Crippen MR) is 282 cm³/mol. The number of hydrogen-bond donors (Lipinski definition) is 3. The summed E-state index contributed by atoms with van der Waals surface area (Å²) < 4.78 is 30.8. The van der Waals surface area contributed by atoms with E-state index in [2.05, 4.69) is 39.8 Å². The lowest BCUT2D eigenvalue weighted by molar-refractivity contribution is -0.180. The molecule has 0 saturated carbocycles. The highest BCUT2D eigenvalue weighted by molar-refractivity contribution is 14.1. The highest BCUT2D eigenvalue weighted by Gasteiger charge is 2.74. The third-order valence-corrected chi connectivity index (χ3v) is 15.6. The molecule has 0 aromatic heterocycles. The van der Waals surface area contributed by atoms with Crippen LogP contribution in [0.2, 0.25) is 0 Å². The summed E-state index contributed by atoms with van der Waals surface area (Å²) in [4.78, 5) is 90.3. The molecule has 3 N–H and O–H groups in total. The number of amides is 3. The Labute approximate surface area is 447 Å². The minimum Gasteiger partial charge on any atom is -0.491 e. The molecule has 5 aliphatic rings. The monoisotopic (exact) mass is 1130 g/mol. The van der Waals surface area contributed by atoms with Crippen LogP contribution in [0.15, 0.2) is 140 Å². The normalized spacial score (nSPS) is 26.7. The number of nitrogens with zero attached hydrogens (tertiary/aromatic N) is 2. The number of morpholine rings is 1. The maximum absolute atomic E-state index is 15.2. The fourth-order valence-electron chi connectivity index (χ4n) is 12.0. The minimum absolute atomic E-state index is 0.0451. The van der Waals surface area contributed by atoms with E-state index in [1.807, 2.05) is 104 Å². The number of hydrogen-bond acceptors (Lipinski definition) is 13. The average Bonchev–Trinajstić information content (AvgIpc) is 4.27. The number of anilines is 1. The van der Waals surface area contributed by atoms with Gasteiger partial charge in [0.05, 0.1) is 30.7 Å². The fourth-order valence-corrected chi connectivity index (χ4v) is 12.5. The molecule has 4 saturated heterocycles. The molecular formula is C58H57IN4O12. The SMILES string of the molecule is C=CCOC(=O)[C@@H]1[C@H]2C(=O)O[C@H](c3ccccc3)[C@H](c3ccccc3)N2[C@H](c2ccc(OCCOC(=O)[C@H]3C[C@H]4C(=O)N[C@@H](CC(C)C)C(=O)N4[C@H]3c3cccc(OCCO)c3)cc2)[C@@]12C(=O)Nc1ccc(I)cc12. The van der Waals surface area contributed by atoms with Gasteiger partial charge in [-0.3, -0.25) is 33.7 Å². The van der Waals surface area contributed by atoms with Crippen LogP contribution in [0, 0.1) is 21.3 Å². The first kappa shape index (κ1) is 51.4. The molecule has 10 rings (SSSR count). The summed E-state index contributed by atoms with van der Waals surface area (Å²) in [7, 11) is 0. The average molecular weight is 1130 g/mol. The highest BCUT2D eigenvalue weighted by Crippen LogP contribution is 2.65. The number of carbonyl (C=O) groups is 6. The van der Waals surface area contributed by atoms with Gasteiger partial charge < -0.3 is 44.3 Å². The molecule has 5 aromatic carbocycles. The molecule has 75 heavy (non-hydrogen) atoms. The number of rotatable bonds is 17. The van der Waals surface area contributed by atoms with E-state index in [0.717, 1.165) is 14.7 Å². The van der Waals surface area contributed by atoms with Gasteiger partial charge in [-0.2, -0.15) is 0 Å². The number of carbonyl (C=O) groups excluding carboxylic acids is 6. The van der Waals surface area contributed by atoms with E-state index in [0.29, 0.717) is 40.3 Å². The van der Waals surface area contributed by atoms with E-state index < -0.39 is 83.4 Å². The Morgan fingerprint density at radius 3 is 2.20 bits per heavy atom. The van der Waals surface area contributed by atoms with Crippen molar-refractivity contribution in [3.8, 4) is 11.5 Å². The van der Waals surface area contributed by atoms with E-state index >= 15 is 4.79 Å². The summed E-state index contributed by atoms with van der Waals surface area (Å²) in [6, 6.07) is 33.2. The van der Waals surface area contributed by atoms with Crippen molar-refractivity contribution < 1.29 is 57.6 Å². The standard InChI is InChI=1S/C58H57IN4O12/c1-4-25-73-55(68)46-49-56(69)75-50(35-14-9-6-10-15-35)48(34-12-7-5-8-13-34)63(49)51(58(46)42-31-38(59)20-23-43(42)61-57(58)70)36-18-21-39(22-19-36)72-27-28-74-54(67)41-32-45-52(65)60-44(29-33(2)3)53(66)62(45)47(41)37-16-11-17-40(30-37)71-26-24-64/h4-23,30-31,33,41,44-51,64H,1,24-29,32H2,2-3H3,(H,60,65)(H,61,70)/t41-,44-,45-,46-,47-,48-,49-,50+,51+,58-/m0/s1. The summed E-state index contributed by atoms with van der Waals surface area (Å²) in [6.45, 7) is 7.14. The van der Waals surface area contributed by atoms with Crippen LogP contribution in [-0.4, -0.2) is 102 Å². The van der Waals surface area contributed by atoms with Crippen molar-refractivity contribution in [3.63, 3.8) is 0 Å². The maximum atomic E-state index is 15.2. The van der Waals surface area contributed by atoms with Crippen LogP contribution in [0.1, 0.15) is 78.7 Å². The van der Waals surface area contributed by atoms with Crippen molar-refractivity contribution in [1.82, 2.24) is 15.1 Å². The number of benzene rings is 5. The number of ether oxygens (including phenoxy) is 5. The van der Waals surface area contributed by atoms with Gasteiger partial charge in [-0.25, -0.2) is 0 Å². The fraction of sp³-hybridized carbons (Fsp3) is 0.345. The molecule has 10 atom stereocenters. The molecule has 388 valence electrons. The van der Waals surface area contributed by atoms with Crippen LogP contribution in [0.4, 0.5) is 5.69 Å². The van der Waals surface area contributed by atoms with Crippen molar-refractivity contribution in [3.05, 3.63) is 171 Å². The summed E-state index contributed by atoms with van der Waals surface area (Å²) in [5.41, 5.74) is 2.06. The molecule has 3 amide bonds. The van der Waals surface area contributed by atoms with Crippen LogP contribution in [0.5, 0.6) is 11.5 Å². The summed E-state index contributed by atoms with van der Waals surface area (Å²) in [6.07, 6.45) is 1.07. The number of aliphatic hydroxyl groups excluding tert-OH is 1. The molecule has 5 heterocycles. The number of aliphatic hydroxyl groups is 1. The zero-order valence-corrected chi connectivity index (χ0v) is 43.5. The Bertz CT molecular complexity index is 2990. The number of halogens is 1. The van der Waals surface area contributed by atoms with Gasteiger partial charge in [0.2, 0.25) is 17.7 Å². The van der Waals surface area contributed by atoms with Gasteiger partial charge in [0.1, 0.15) is 73.5 Å². The topological polar surface area (TPSA) is 199 Å². The Morgan fingerprint density at radius 1 is 0.787 bits per heavy atom. The Kier molecular flexibility index (Phi) is 14.8. The number of cyclic esters (lactones) is 1. The molecule has 17 heteroatoms. The number of fused-ring (bicyclic) bond motifs is 4. The molecule has 16 nitrogen and oxygen atoms in total. The van der Waals surface area contributed by atoms with Crippen LogP contribution < -0.4 is 20.1 Å². The van der Waals surface area contributed by atoms with Gasteiger partial charge >= 0.3 is 17.9 Å². The lowest BCUT2D eigenvalue weighted by atomic mass is 9.65. The summed E-state index contributed by atoms with van der Waals surface area (Å²) in [5.74, 6) is -4.43. The van der Waals surface area contributed by atoms with Crippen molar-refractivity contribution >= 4 is 63.9 Å². The highest BCUT2D eigenvalue weighted by atomic mass is 127. The Morgan fingerprint density at radius 2 is 1.49 bits per heavy atom. The summed E-state index contributed by atoms with van der Waals surface area (Å²) >= 11 is 2.18. The first-order valence-corrected chi connectivity index (χ1v) is 26.3. The van der Waals surface area contributed by atoms with E-state index in [4.69, 9.17) is 23.7 Å². The zero-order valence-electron chi connectivity index (χ0n) is 41.3. The quantitative estimate of drug-likeness (QED) is 0.0281. The minimum atomic E-state index is -1.71. The maximum Gasteiger partial charge on any atom is 0.325 e. The van der Waals surface area contributed by atoms with Gasteiger partial charge in [-0.1, -0.05) is 111 Å². The van der Waals surface area contributed by atoms with Gasteiger partial charge in [-0.05, 0) is 112 Å². The first-order chi connectivity index (χ1) is 36.3. The molecule has 4 fully saturated rings. The Hall–Kier alpha value is -7.09. The van der Waals surface area contributed by atoms with Crippen LogP contribution in [-0.2, 0) is 48.4 Å². The van der Waals surface area contributed by atoms with E-state index in [1.54, 1.807) is 42.5 Å². The smallest absolute Gasteiger partial charge is 0.325 e. The van der Waals surface area contributed by atoms with Crippen molar-refractivity contribution in [2.45, 2.75) is 74.5 Å². The van der Waals surface area contributed by atoms with Crippen LogP contribution >= 0.6 is 22.6 Å². The summed E-state index contributed by atoms with van der Waals surface area (Å²) in [5, 5.41) is 15.4. The molecule has 0 bridgehead atoms. The third-order valence-electron chi connectivity index (χ3n) is 14.9. The molecule has 1 spiro atoms. The van der Waals surface area contributed by atoms with E-state index in [9.17, 15) is 29.1 Å². The number of esters is 3. The largest absolute Gasteiger partial charge is 0.491 e. The third kappa shape index (κ3) is 9.43. The van der Waals surface area contributed by atoms with E-state index in [1.165, 1.54) is 11.0 Å². The molecule has 0 unspecified atom stereocenters. The van der Waals surface area contributed by atoms with Crippen LogP contribution in [0.25, 0.3) is 0 Å². The number of nitrogens with one attached hydrogen (secondary N) is 2. The second-order valence-corrected chi connectivity index (χ2v) is 21.0. The lowest BCUT2D eigenvalue weighted by Gasteiger charge is -2.46. The molecule has 5 aromatic rings. The molecule has 0 radical (unpaired) electrons. The van der Waals surface area contributed by atoms with Gasteiger partial charge in [0.15, 0.2) is 0 Å². The predicted octanol–water partition coefficient (Wildman–Crippen LogP) is 7.09. The van der Waals surface area contributed by atoms with Crippen LogP contribution in [0.3, 0.4) is 0 Å². The van der Waals surface area contributed by atoms with Gasteiger partial charge in [0.25, 0.3) is 0 Å². The van der Waals surface area contributed by atoms with Gasteiger partial charge in [0, 0.05) is 9.26 Å². The van der Waals surface area contributed by atoms with Crippen molar-refractivity contribution in [1.29, 1.82) is 0 Å². The van der Waals surface area contributed by atoms with Crippen molar-refractivity contribution in [2.75, 3.05) is 38.4 Å². The zero-order chi connectivity index (χ0) is 52.5. The molecule has 0 aliphatic carbocycles. The first-order valence-electron chi connectivity index (χ1n) is 25.2. The second-order valence-electron chi connectivity index (χ2n) is 19.8. The van der Waals surface area contributed by atoms with E-state index in [-0.39, 0.29) is 57.2 Å². The second kappa shape index (κ2) is 21.6. The molecular weight excluding hydrogens is 1070 g/mol. The Balaban J connectivity index is 0.959. The van der Waals surface area contributed by atoms with Crippen molar-refractivity contribution in [2.24, 2.45) is 17.8 Å². The number of piperazine rings is 1. The lowest BCUT2D eigenvalue weighted by Crippen LogP contribution is -2.61. The molecule has 5 aliphatic heterocycles.